The molecular weight excluding hydrogens is 608 g/mol. The van der Waals surface area contributed by atoms with Crippen molar-refractivity contribution in [3.8, 4) is 23.0 Å². The number of carbonyl (C=O) groups is 5. The van der Waals surface area contributed by atoms with Crippen LogP contribution in [0.25, 0.3) is 0 Å². The van der Waals surface area contributed by atoms with Crippen LogP contribution in [0.5, 0.6) is 23.0 Å². The summed E-state index contributed by atoms with van der Waals surface area (Å²) in [5.74, 6) is -4.76. The summed E-state index contributed by atoms with van der Waals surface area (Å²) in [6, 6.07) is 7.98. The third kappa shape index (κ3) is 12.9. The molecule has 0 saturated carbocycles. The lowest BCUT2D eigenvalue weighted by Gasteiger charge is -2.22. The molecule has 0 aliphatic rings. The fourth-order valence-corrected chi connectivity index (χ4v) is 3.96. The number of nitrogens with one attached hydrogen (secondary N) is 2. The molecule has 0 bridgehead atoms. The predicted molar refractivity (Wildman–Crippen MR) is 160 cm³/mol. The van der Waals surface area contributed by atoms with Gasteiger partial charge in [-0.3, -0.25) is 34.1 Å². The first-order valence-corrected chi connectivity index (χ1v) is 14.5. The molecule has 0 heterocycles. The molecular formula is C30H40N4O12. The first-order chi connectivity index (χ1) is 21.9. The van der Waals surface area contributed by atoms with Crippen LogP contribution in [0.4, 0.5) is 0 Å². The van der Waals surface area contributed by atoms with Crippen LogP contribution in [-0.4, -0.2) is 118 Å². The Morgan fingerprint density at radius 3 is 1.52 bits per heavy atom. The minimum atomic E-state index is -0.612. The Morgan fingerprint density at radius 2 is 1.11 bits per heavy atom. The maximum absolute atomic E-state index is 12.1. The molecule has 16 nitrogen and oxygen atoms in total. The molecule has 16 heteroatoms. The van der Waals surface area contributed by atoms with Crippen molar-refractivity contribution >= 4 is 29.7 Å². The van der Waals surface area contributed by atoms with E-state index in [1.807, 2.05) is 0 Å². The first kappa shape index (κ1) is 37.1. The zero-order valence-corrected chi connectivity index (χ0v) is 25.4. The number of nitrogens with zero attached hydrogens (tertiary/aromatic N) is 2. The number of phenolic OH excluding ortho intramolecular Hbond substituents is 4. The molecule has 2 aromatic rings. The van der Waals surface area contributed by atoms with Crippen LogP contribution in [0.15, 0.2) is 36.4 Å². The number of hydroxylamine groups is 2. The van der Waals surface area contributed by atoms with Gasteiger partial charge < -0.3 is 40.5 Å². The zero-order chi connectivity index (χ0) is 34.1. The standard InChI is InChI=1S/C30H40N4O12/c1-33(44)24(37)12-15-34(16-18-45-25(38)10-4-13-31-29(42)20-6-2-8-22(35)27(20)40)17-19-46-26(39)11-5-14-32-30(43)21-7-3-9-23(36)28(21)41/h2-3,6-9,35-36,40-41,44H,4-5,10-19H2,1H3,(H,31,42)(H,32,43). The molecule has 2 rings (SSSR count). The molecule has 0 unspecified atom stereocenters. The molecule has 252 valence electrons. The highest BCUT2D eigenvalue weighted by atomic mass is 16.5. The number of aromatic hydroxyl groups is 4. The van der Waals surface area contributed by atoms with Gasteiger partial charge in [0.15, 0.2) is 23.0 Å². The van der Waals surface area contributed by atoms with Gasteiger partial charge in [0.2, 0.25) is 5.91 Å². The van der Waals surface area contributed by atoms with Gasteiger partial charge in [0.05, 0.1) is 11.1 Å². The van der Waals surface area contributed by atoms with E-state index in [2.05, 4.69) is 10.6 Å². The maximum atomic E-state index is 12.1. The predicted octanol–water partition coefficient (Wildman–Crippen LogP) is 0.855. The van der Waals surface area contributed by atoms with Crippen LogP contribution in [0.1, 0.15) is 52.8 Å². The van der Waals surface area contributed by atoms with Crippen LogP contribution >= 0.6 is 0 Å². The number of hydrogen-bond acceptors (Lipinski definition) is 13. The van der Waals surface area contributed by atoms with Gasteiger partial charge >= 0.3 is 11.9 Å². The summed E-state index contributed by atoms with van der Waals surface area (Å²) in [6.45, 7) is 0.748. The second-order valence-electron chi connectivity index (χ2n) is 10.0. The van der Waals surface area contributed by atoms with E-state index in [0.717, 1.165) is 0 Å². The van der Waals surface area contributed by atoms with E-state index >= 15 is 0 Å². The number of phenols is 4. The van der Waals surface area contributed by atoms with Gasteiger partial charge in [0.1, 0.15) is 13.2 Å². The fraction of sp³-hybridized carbons (Fsp3) is 0.433. The Kier molecular flexibility index (Phi) is 15.6. The van der Waals surface area contributed by atoms with Gasteiger partial charge in [-0.25, -0.2) is 5.06 Å². The van der Waals surface area contributed by atoms with Gasteiger partial charge in [0, 0.05) is 59.0 Å². The van der Waals surface area contributed by atoms with E-state index < -0.39 is 52.7 Å². The normalized spacial score (nSPS) is 10.7. The number of esters is 2. The monoisotopic (exact) mass is 648 g/mol. The summed E-state index contributed by atoms with van der Waals surface area (Å²) in [5.41, 5.74) is -0.202. The van der Waals surface area contributed by atoms with Crippen molar-refractivity contribution in [2.45, 2.75) is 32.1 Å². The number of amides is 3. The van der Waals surface area contributed by atoms with E-state index in [1.54, 1.807) is 4.90 Å². The van der Waals surface area contributed by atoms with Crippen LogP contribution in [-0.2, 0) is 23.9 Å². The molecule has 0 aliphatic carbocycles. The Bertz CT molecular complexity index is 1260. The van der Waals surface area contributed by atoms with Crippen LogP contribution in [0.3, 0.4) is 0 Å². The Labute approximate surface area is 265 Å². The summed E-state index contributed by atoms with van der Waals surface area (Å²) in [4.78, 5) is 62.1. The summed E-state index contributed by atoms with van der Waals surface area (Å²) >= 11 is 0. The van der Waals surface area contributed by atoms with Gasteiger partial charge in [-0.15, -0.1) is 0 Å². The lowest BCUT2D eigenvalue weighted by atomic mass is 10.1. The number of rotatable bonds is 19. The van der Waals surface area contributed by atoms with Crippen molar-refractivity contribution in [1.82, 2.24) is 20.6 Å². The maximum Gasteiger partial charge on any atom is 0.305 e. The SMILES string of the molecule is CN(O)C(=O)CCN(CCOC(=O)CCCNC(=O)c1cccc(O)c1O)CCOC(=O)CCCNC(=O)c1cccc(O)c1O. The molecule has 7 N–H and O–H groups in total. The number of carbonyl (C=O) groups excluding carboxylic acids is 5. The van der Waals surface area contributed by atoms with Crippen molar-refractivity contribution in [2.75, 3.05) is 53.0 Å². The Balaban J connectivity index is 1.68. The highest BCUT2D eigenvalue weighted by molar-refractivity contribution is 5.98. The molecule has 46 heavy (non-hydrogen) atoms. The molecule has 0 saturated heterocycles. The van der Waals surface area contributed by atoms with Gasteiger partial charge in [-0.2, -0.15) is 0 Å². The second-order valence-corrected chi connectivity index (χ2v) is 10.0. The molecule has 0 fully saturated rings. The smallest absolute Gasteiger partial charge is 0.305 e. The average molecular weight is 649 g/mol. The molecule has 3 amide bonds. The van der Waals surface area contributed by atoms with Crippen LogP contribution < -0.4 is 10.6 Å². The Hall–Kier alpha value is -5.09. The van der Waals surface area contributed by atoms with Crippen LogP contribution in [0, 0.1) is 0 Å². The average Bonchev–Trinajstić information content (AvgIpc) is 3.02. The van der Waals surface area contributed by atoms with Gasteiger partial charge in [-0.1, -0.05) is 12.1 Å². The molecule has 0 radical (unpaired) electrons. The lowest BCUT2D eigenvalue weighted by Crippen LogP contribution is -2.35. The number of ether oxygens (including phenoxy) is 2. The van der Waals surface area contributed by atoms with E-state index in [9.17, 15) is 49.6 Å². The largest absolute Gasteiger partial charge is 0.504 e. The molecule has 2 aromatic carbocycles. The van der Waals surface area contributed by atoms with E-state index in [4.69, 9.17) is 9.47 Å². The molecule has 0 spiro atoms. The zero-order valence-electron chi connectivity index (χ0n) is 25.4. The highest BCUT2D eigenvalue weighted by Gasteiger charge is 2.16. The summed E-state index contributed by atoms with van der Waals surface area (Å²) in [6.07, 6.45) is 0.449. The van der Waals surface area contributed by atoms with Gasteiger partial charge in [0.25, 0.3) is 11.8 Å². The summed E-state index contributed by atoms with van der Waals surface area (Å²) < 4.78 is 10.5. The molecule has 0 aliphatic heterocycles. The van der Waals surface area contributed by atoms with E-state index in [-0.39, 0.29) is 89.2 Å². The fourth-order valence-electron chi connectivity index (χ4n) is 3.96. The lowest BCUT2D eigenvalue weighted by molar-refractivity contribution is -0.160. The van der Waals surface area contributed by atoms with Crippen LogP contribution in [0.2, 0.25) is 0 Å². The summed E-state index contributed by atoms with van der Waals surface area (Å²) in [5, 5.41) is 53.4. The van der Waals surface area contributed by atoms with Crippen molar-refractivity contribution in [3.63, 3.8) is 0 Å². The third-order valence-corrected chi connectivity index (χ3v) is 6.55. The summed E-state index contributed by atoms with van der Waals surface area (Å²) in [7, 11) is 1.19. The highest BCUT2D eigenvalue weighted by Crippen LogP contribution is 2.28. The topological polar surface area (TPSA) is 235 Å². The Morgan fingerprint density at radius 1 is 0.674 bits per heavy atom. The van der Waals surface area contributed by atoms with Crippen molar-refractivity contribution in [1.29, 1.82) is 0 Å². The van der Waals surface area contributed by atoms with Gasteiger partial charge in [-0.05, 0) is 37.1 Å². The quantitative estimate of drug-likeness (QED) is 0.0368. The molecule has 0 aromatic heterocycles. The van der Waals surface area contributed by atoms with E-state index in [0.29, 0.717) is 5.06 Å². The molecule has 0 atom stereocenters. The third-order valence-electron chi connectivity index (χ3n) is 6.55. The van der Waals surface area contributed by atoms with Crippen molar-refractivity contribution < 1.29 is 59.1 Å². The van der Waals surface area contributed by atoms with Crippen molar-refractivity contribution in [3.05, 3.63) is 47.5 Å². The number of benzene rings is 2. The second kappa shape index (κ2) is 19.3. The number of hydrogen-bond donors (Lipinski definition) is 7. The van der Waals surface area contributed by atoms with Crippen molar-refractivity contribution in [2.24, 2.45) is 0 Å². The minimum Gasteiger partial charge on any atom is -0.504 e. The number of para-hydroxylation sites is 2. The minimum absolute atomic E-state index is 0.00680. The van der Waals surface area contributed by atoms with E-state index in [1.165, 1.54) is 43.4 Å². The first-order valence-electron chi connectivity index (χ1n) is 14.5.